The molecule has 0 bridgehead atoms. The Morgan fingerprint density at radius 3 is 2.83 bits per heavy atom. The molecule has 0 radical (unpaired) electrons. The first-order chi connectivity index (χ1) is 8.36. The van der Waals surface area contributed by atoms with Crippen LogP contribution in [0.4, 0.5) is 10.1 Å². The van der Waals surface area contributed by atoms with E-state index in [0.717, 1.165) is 18.2 Å². The fourth-order valence-corrected chi connectivity index (χ4v) is 2.49. The van der Waals surface area contributed by atoms with Gasteiger partial charge in [0.2, 0.25) is 10.0 Å². The molecule has 0 spiro atoms. The van der Waals surface area contributed by atoms with Crippen molar-refractivity contribution in [1.82, 2.24) is 4.72 Å². The van der Waals surface area contributed by atoms with Crippen molar-refractivity contribution in [3.8, 4) is 0 Å². The van der Waals surface area contributed by atoms with Crippen LogP contribution in [0.3, 0.4) is 0 Å². The van der Waals surface area contributed by atoms with Gasteiger partial charge in [-0.3, -0.25) is 0 Å². The summed E-state index contributed by atoms with van der Waals surface area (Å²) in [6.45, 7) is -0.257. The number of anilines is 1. The number of nitrogens with two attached hydrogens (primary N) is 1. The number of hydrogen-bond acceptors (Lipinski definition) is 5. The second-order valence-corrected chi connectivity index (χ2v) is 5.38. The molecule has 1 unspecified atom stereocenters. The minimum atomic E-state index is -3.96. The Labute approximate surface area is 105 Å². The second kappa shape index (κ2) is 6.10. The third-order valence-corrected chi connectivity index (χ3v) is 3.61. The fourth-order valence-electron chi connectivity index (χ4n) is 1.28. The van der Waals surface area contributed by atoms with E-state index in [1.54, 1.807) is 0 Å². The van der Waals surface area contributed by atoms with E-state index in [2.05, 4.69) is 9.46 Å². The van der Waals surface area contributed by atoms with Crippen LogP contribution in [0, 0.1) is 5.82 Å². The van der Waals surface area contributed by atoms with E-state index < -0.39 is 21.9 Å². The Bertz CT molecular complexity index is 507. The molecule has 0 heterocycles. The summed E-state index contributed by atoms with van der Waals surface area (Å²) in [5, 5.41) is 9.33. The summed E-state index contributed by atoms with van der Waals surface area (Å²) in [5.74, 6) is -0.706. The van der Waals surface area contributed by atoms with Crippen LogP contribution in [0.15, 0.2) is 23.1 Å². The smallest absolute Gasteiger partial charge is 0.242 e. The zero-order valence-electron chi connectivity index (χ0n) is 9.76. The molecule has 8 heteroatoms. The molecule has 0 aliphatic carbocycles. The Balaban J connectivity index is 2.83. The number of nitrogen functional groups attached to an aromatic ring is 1. The Kier molecular flexibility index (Phi) is 5.03. The highest BCUT2D eigenvalue weighted by Crippen LogP contribution is 2.18. The predicted molar refractivity (Wildman–Crippen MR) is 63.9 cm³/mol. The molecular formula is C10H15FN2O4S. The van der Waals surface area contributed by atoms with E-state index in [4.69, 9.17) is 5.73 Å². The van der Waals surface area contributed by atoms with E-state index >= 15 is 0 Å². The number of ether oxygens (including phenoxy) is 1. The van der Waals surface area contributed by atoms with E-state index in [1.165, 1.54) is 7.11 Å². The van der Waals surface area contributed by atoms with Gasteiger partial charge in [-0.05, 0) is 18.2 Å². The number of methoxy groups -OCH3 is 1. The van der Waals surface area contributed by atoms with Gasteiger partial charge >= 0.3 is 0 Å². The normalized spacial score (nSPS) is 13.5. The number of halogens is 1. The van der Waals surface area contributed by atoms with Crippen molar-refractivity contribution < 1.29 is 22.7 Å². The summed E-state index contributed by atoms with van der Waals surface area (Å²) in [6.07, 6.45) is -0.987. The van der Waals surface area contributed by atoms with Crippen LogP contribution < -0.4 is 10.5 Å². The molecule has 1 aromatic rings. The summed E-state index contributed by atoms with van der Waals surface area (Å²) in [7, 11) is -2.58. The Morgan fingerprint density at radius 2 is 2.22 bits per heavy atom. The quantitative estimate of drug-likeness (QED) is 0.620. The van der Waals surface area contributed by atoms with Gasteiger partial charge < -0.3 is 15.6 Å². The van der Waals surface area contributed by atoms with Crippen molar-refractivity contribution in [1.29, 1.82) is 0 Å². The van der Waals surface area contributed by atoms with Crippen LogP contribution in [0.5, 0.6) is 0 Å². The van der Waals surface area contributed by atoms with Gasteiger partial charge in [0, 0.05) is 13.7 Å². The van der Waals surface area contributed by atoms with Crippen molar-refractivity contribution in [3.05, 3.63) is 24.0 Å². The van der Waals surface area contributed by atoms with E-state index in [-0.39, 0.29) is 23.7 Å². The van der Waals surface area contributed by atoms with Gasteiger partial charge in [-0.1, -0.05) is 0 Å². The highest BCUT2D eigenvalue weighted by molar-refractivity contribution is 7.89. The molecule has 1 rings (SSSR count). The first-order valence-electron chi connectivity index (χ1n) is 5.08. The second-order valence-electron chi connectivity index (χ2n) is 3.64. The van der Waals surface area contributed by atoms with Crippen LogP contribution in [0.2, 0.25) is 0 Å². The van der Waals surface area contributed by atoms with Crippen molar-refractivity contribution in [2.45, 2.75) is 11.0 Å². The molecule has 0 aliphatic heterocycles. The van der Waals surface area contributed by atoms with Crippen LogP contribution in [-0.2, 0) is 14.8 Å². The first kappa shape index (κ1) is 14.8. The lowest BCUT2D eigenvalue weighted by Crippen LogP contribution is -2.34. The monoisotopic (exact) mass is 278 g/mol. The van der Waals surface area contributed by atoms with Crippen molar-refractivity contribution in [2.24, 2.45) is 0 Å². The predicted octanol–water partition coefficient (Wildman–Crippen LogP) is -0.306. The molecule has 0 fully saturated rings. The SMILES string of the molecule is COCC(O)CNS(=O)(=O)c1cc(F)ccc1N. The Hall–Kier alpha value is -1.22. The molecule has 6 nitrogen and oxygen atoms in total. The van der Waals surface area contributed by atoms with E-state index in [9.17, 15) is 17.9 Å². The summed E-state index contributed by atoms with van der Waals surface area (Å²) < 4.78 is 43.4. The molecule has 1 aromatic carbocycles. The number of aliphatic hydroxyl groups is 1. The maximum atomic E-state index is 13.0. The number of sulfonamides is 1. The van der Waals surface area contributed by atoms with Crippen molar-refractivity contribution in [2.75, 3.05) is 26.0 Å². The molecule has 0 aliphatic rings. The highest BCUT2D eigenvalue weighted by Gasteiger charge is 2.19. The van der Waals surface area contributed by atoms with Gasteiger partial charge in [-0.25, -0.2) is 17.5 Å². The maximum absolute atomic E-state index is 13.0. The Morgan fingerprint density at radius 1 is 1.56 bits per heavy atom. The summed E-state index contributed by atoms with van der Waals surface area (Å²) >= 11 is 0. The molecular weight excluding hydrogens is 263 g/mol. The summed E-state index contributed by atoms with van der Waals surface area (Å²) in [5.41, 5.74) is 5.40. The minimum absolute atomic E-state index is 0.0127. The third-order valence-electron chi connectivity index (χ3n) is 2.13. The fraction of sp³-hybridized carbons (Fsp3) is 0.400. The molecule has 0 saturated carbocycles. The third kappa shape index (κ3) is 3.91. The van der Waals surface area contributed by atoms with Crippen molar-refractivity contribution >= 4 is 15.7 Å². The maximum Gasteiger partial charge on any atom is 0.242 e. The van der Waals surface area contributed by atoms with Crippen LogP contribution in [0.1, 0.15) is 0 Å². The minimum Gasteiger partial charge on any atom is -0.398 e. The van der Waals surface area contributed by atoms with E-state index in [0.29, 0.717) is 0 Å². The van der Waals surface area contributed by atoms with Gasteiger partial charge in [0.15, 0.2) is 0 Å². The number of benzene rings is 1. The van der Waals surface area contributed by atoms with Gasteiger partial charge in [-0.2, -0.15) is 0 Å². The van der Waals surface area contributed by atoms with Crippen molar-refractivity contribution in [3.63, 3.8) is 0 Å². The molecule has 0 saturated heterocycles. The number of rotatable bonds is 6. The van der Waals surface area contributed by atoms with E-state index in [1.807, 2.05) is 0 Å². The van der Waals surface area contributed by atoms with Gasteiger partial charge in [0.1, 0.15) is 10.7 Å². The lowest BCUT2D eigenvalue weighted by molar-refractivity contribution is 0.0679. The lowest BCUT2D eigenvalue weighted by atomic mass is 10.3. The summed E-state index contributed by atoms with van der Waals surface area (Å²) in [6, 6.07) is 3.05. The van der Waals surface area contributed by atoms with Gasteiger partial charge in [0.05, 0.1) is 18.4 Å². The molecule has 18 heavy (non-hydrogen) atoms. The zero-order chi connectivity index (χ0) is 13.8. The average Bonchev–Trinajstić information content (AvgIpc) is 2.30. The molecule has 1 atom stereocenters. The topological polar surface area (TPSA) is 102 Å². The lowest BCUT2D eigenvalue weighted by Gasteiger charge is -2.12. The molecule has 0 amide bonds. The van der Waals surface area contributed by atoms with Gasteiger partial charge in [-0.15, -0.1) is 0 Å². The summed E-state index contributed by atoms with van der Waals surface area (Å²) in [4.78, 5) is -0.355. The number of hydrogen-bond donors (Lipinski definition) is 3. The largest absolute Gasteiger partial charge is 0.398 e. The standard InChI is InChI=1S/C10H15FN2O4S/c1-17-6-8(14)5-13-18(15,16)10-4-7(11)2-3-9(10)12/h2-4,8,13-14H,5-6,12H2,1H3. The number of aliphatic hydroxyl groups excluding tert-OH is 1. The highest BCUT2D eigenvalue weighted by atomic mass is 32.2. The van der Waals surface area contributed by atoms with Crippen LogP contribution in [-0.4, -0.2) is 39.9 Å². The average molecular weight is 278 g/mol. The van der Waals surface area contributed by atoms with Crippen LogP contribution in [0.25, 0.3) is 0 Å². The first-order valence-corrected chi connectivity index (χ1v) is 6.57. The molecule has 0 aromatic heterocycles. The number of nitrogens with one attached hydrogen (secondary N) is 1. The molecule has 4 N–H and O–H groups in total. The van der Waals surface area contributed by atoms with Gasteiger partial charge in [0.25, 0.3) is 0 Å². The van der Waals surface area contributed by atoms with Crippen LogP contribution >= 0.6 is 0 Å². The molecule has 102 valence electrons. The zero-order valence-corrected chi connectivity index (χ0v) is 10.6.